The Morgan fingerprint density at radius 1 is 0.290 bits per heavy atom. The van der Waals surface area contributed by atoms with Crippen LogP contribution in [0.15, 0.2) is 0 Å². The average molecular weight is 1370 g/mol. The number of phosphoric ester groups is 2. The Kier molecular flexibility index (Phi) is 65.9. The quantitative estimate of drug-likeness (QED) is 0.0222. The highest BCUT2D eigenvalue weighted by Crippen LogP contribution is 2.45. The van der Waals surface area contributed by atoms with E-state index in [0.29, 0.717) is 25.7 Å². The fourth-order valence-corrected chi connectivity index (χ4v) is 12.9. The Balaban J connectivity index is 5.19. The van der Waals surface area contributed by atoms with Crippen molar-refractivity contribution in [2.75, 3.05) is 39.6 Å². The zero-order valence-electron chi connectivity index (χ0n) is 60.4. The van der Waals surface area contributed by atoms with Crippen molar-refractivity contribution in [1.82, 2.24) is 0 Å². The fraction of sp³-hybridized carbons (Fsp3) is 0.946. The summed E-state index contributed by atoms with van der Waals surface area (Å²) in [6, 6.07) is 0. The van der Waals surface area contributed by atoms with E-state index in [4.69, 9.17) is 37.0 Å². The zero-order chi connectivity index (χ0) is 68.4. The molecule has 0 fully saturated rings. The molecule has 552 valence electrons. The lowest BCUT2D eigenvalue weighted by atomic mass is 10.0. The maximum Gasteiger partial charge on any atom is 0.472 e. The van der Waals surface area contributed by atoms with Crippen LogP contribution in [-0.4, -0.2) is 96.7 Å². The lowest BCUT2D eigenvalue weighted by Gasteiger charge is -2.21. The first-order chi connectivity index (χ1) is 45.0. The third-order valence-electron chi connectivity index (χ3n) is 17.3. The Bertz CT molecular complexity index is 1790. The van der Waals surface area contributed by atoms with Gasteiger partial charge >= 0.3 is 39.5 Å². The van der Waals surface area contributed by atoms with E-state index < -0.39 is 97.5 Å². The summed E-state index contributed by atoms with van der Waals surface area (Å²) in [6.07, 6.45) is 55.7. The van der Waals surface area contributed by atoms with Crippen molar-refractivity contribution in [3.8, 4) is 0 Å². The van der Waals surface area contributed by atoms with E-state index in [1.807, 2.05) is 0 Å². The maximum absolute atomic E-state index is 13.1. The van der Waals surface area contributed by atoms with Gasteiger partial charge in [-0.15, -0.1) is 0 Å². The van der Waals surface area contributed by atoms with Crippen LogP contribution in [0.25, 0.3) is 0 Å². The summed E-state index contributed by atoms with van der Waals surface area (Å²) in [5.74, 6) is -1.38. The molecular weight excluding hydrogens is 1220 g/mol. The number of carbonyl (C=O) groups excluding carboxylic acids is 4. The van der Waals surface area contributed by atoms with Gasteiger partial charge in [-0.3, -0.25) is 37.3 Å². The first kappa shape index (κ1) is 91.1. The Hall–Kier alpha value is -1.94. The van der Waals surface area contributed by atoms with Crippen molar-refractivity contribution in [3.63, 3.8) is 0 Å². The van der Waals surface area contributed by atoms with E-state index in [0.717, 1.165) is 109 Å². The molecule has 0 aliphatic rings. The van der Waals surface area contributed by atoms with Crippen LogP contribution in [0.1, 0.15) is 388 Å². The summed E-state index contributed by atoms with van der Waals surface area (Å²) < 4.78 is 68.3. The van der Waals surface area contributed by atoms with Gasteiger partial charge in [0.1, 0.15) is 19.3 Å². The highest BCUT2D eigenvalue weighted by atomic mass is 31.2. The number of aliphatic hydroxyl groups excluding tert-OH is 1. The van der Waals surface area contributed by atoms with Gasteiger partial charge in [0.2, 0.25) is 0 Å². The van der Waals surface area contributed by atoms with Gasteiger partial charge in [-0.1, -0.05) is 336 Å². The lowest BCUT2D eigenvalue weighted by molar-refractivity contribution is -0.161. The first-order valence-corrected chi connectivity index (χ1v) is 41.6. The van der Waals surface area contributed by atoms with Crippen molar-refractivity contribution in [2.45, 2.75) is 406 Å². The first-order valence-electron chi connectivity index (χ1n) is 38.6. The predicted octanol–water partition coefficient (Wildman–Crippen LogP) is 21.7. The number of carbonyl (C=O) groups is 4. The number of rotatable bonds is 74. The molecule has 0 saturated carbocycles. The molecule has 0 amide bonds. The van der Waals surface area contributed by atoms with Gasteiger partial charge in [0.15, 0.2) is 12.2 Å². The molecule has 0 aliphatic carbocycles. The van der Waals surface area contributed by atoms with Crippen LogP contribution in [-0.2, 0) is 65.4 Å². The van der Waals surface area contributed by atoms with E-state index in [9.17, 15) is 43.2 Å². The third-order valence-corrected chi connectivity index (χ3v) is 19.2. The Morgan fingerprint density at radius 2 is 0.495 bits per heavy atom. The minimum absolute atomic E-state index is 0.105. The summed E-state index contributed by atoms with van der Waals surface area (Å²) in [6.45, 7) is 7.22. The van der Waals surface area contributed by atoms with Crippen LogP contribution in [0.5, 0.6) is 0 Å². The molecule has 0 radical (unpaired) electrons. The summed E-state index contributed by atoms with van der Waals surface area (Å²) >= 11 is 0. The zero-order valence-corrected chi connectivity index (χ0v) is 62.2. The number of hydrogen-bond donors (Lipinski definition) is 3. The predicted molar refractivity (Wildman–Crippen MR) is 377 cm³/mol. The van der Waals surface area contributed by atoms with E-state index in [2.05, 4.69) is 34.6 Å². The Labute approximate surface area is 568 Å². The second-order valence-corrected chi connectivity index (χ2v) is 30.1. The molecule has 0 aliphatic heterocycles. The fourth-order valence-electron chi connectivity index (χ4n) is 11.4. The number of phosphoric acid groups is 2. The monoisotopic (exact) mass is 1370 g/mol. The minimum atomic E-state index is -4.95. The van der Waals surface area contributed by atoms with Gasteiger partial charge in [0.25, 0.3) is 0 Å². The lowest BCUT2D eigenvalue weighted by Crippen LogP contribution is -2.30. The number of esters is 4. The molecule has 93 heavy (non-hydrogen) atoms. The molecule has 0 aromatic carbocycles. The van der Waals surface area contributed by atoms with Crippen molar-refractivity contribution in [1.29, 1.82) is 0 Å². The molecular formula is C74H144O17P2. The van der Waals surface area contributed by atoms with Crippen LogP contribution in [0.2, 0.25) is 0 Å². The van der Waals surface area contributed by atoms with Crippen LogP contribution in [0.3, 0.4) is 0 Å². The van der Waals surface area contributed by atoms with Gasteiger partial charge in [0, 0.05) is 25.7 Å². The minimum Gasteiger partial charge on any atom is -0.462 e. The molecule has 0 heterocycles. The summed E-state index contributed by atoms with van der Waals surface area (Å²) in [7, 11) is -9.90. The molecule has 19 heteroatoms. The molecule has 0 aromatic rings. The van der Waals surface area contributed by atoms with Crippen LogP contribution in [0.4, 0.5) is 0 Å². The van der Waals surface area contributed by atoms with E-state index >= 15 is 0 Å². The number of ether oxygens (including phenoxy) is 4. The third kappa shape index (κ3) is 68.4. The van der Waals surface area contributed by atoms with Crippen LogP contribution < -0.4 is 0 Å². The largest absolute Gasteiger partial charge is 0.472 e. The van der Waals surface area contributed by atoms with Gasteiger partial charge < -0.3 is 33.8 Å². The van der Waals surface area contributed by atoms with E-state index in [-0.39, 0.29) is 25.7 Å². The second kappa shape index (κ2) is 67.3. The molecule has 0 bridgehead atoms. The van der Waals surface area contributed by atoms with Crippen molar-refractivity contribution < 1.29 is 80.2 Å². The summed E-state index contributed by atoms with van der Waals surface area (Å²) in [4.78, 5) is 72.6. The van der Waals surface area contributed by atoms with Gasteiger partial charge in [-0.05, 0) is 31.6 Å². The van der Waals surface area contributed by atoms with E-state index in [1.165, 1.54) is 199 Å². The average Bonchev–Trinajstić information content (AvgIpc) is 1.95. The molecule has 0 aromatic heterocycles. The van der Waals surface area contributed by atoms with Gasteiger partial charge in [-0.2, -0.15) is 0 Å². The van der Waals surface area contributed by atoms with Crippen molar-refractivity contribution in [3.05, 3.63) is 0 Å². The Morgan fingerprint density at radius 3 is 0.731 bits per heavy atom. The standard InChI is InChI=1S/C74H144O17P2/c1-6-9-12-15-18-20-22-24-26-28-29-31-33-35-39-44-49-54-59-73(78)91-70(64-85-72(77)58-53-48-43-38-34-32-30-27-25-23-21-19-16-13-10-7-2)66-89-93(82,83)87-62-68(75)61-86-92(80,81)88-65-69(63-84-71(76)57-52-47-41-17-14-11-8-3)90-74(79)60-55-50-45-40-36-37-42-46-51-56-67(4)5/h67-70,75H,6-66H2,1-5H3,(H,80,81)(H,82,83)/t68-,69+,70+/m0/s1. The molecule has 2 unspecified atom stereocenters. The molecule has 0 rings (SSSR count). The number of aliphatic hydroxyl groups is 1. The van der Waals surface area contributed by atoms with Crippen LogP contribution >= 0.6 is 15.6 Å². The molecule has 3 N–H and O–H groups in total. The normalized spacial score (nSPS) is 14.0. The number of hydrogen-bond acceptors (Lipinski definition) is 15. The van der Waals surface area contributed by atoms with Crippen molar-refractivity contribution in [2.24, 2.45) is 5.92 Å². The number of unbranched alkanes of at least 4 members (excludes halogenated alkanes) is 46. The van der Waals surface area contributed by atoms with Crippen molar-refractivity contribution >= 4 is 39.5 Å². The highest BCUT2D eigenvalue weighted by molar-refractivity contribution is 7.47. The summed E-state index contributed by atoms with van der Waals surface area (Å²) in [5, 5.41) is 10.6. The van der Waals surface area contributed by atoms with Crippen LogP contribution in [0, 0.1) is 5.92 Å². The summed E-state index contributed by atoms with van der Waals surface area (Å²) in [5.41, 5.74) is 0. The molecule has 0 saturated heterocycles. The van der Waals surface area contributed by atoms with Gasteiger partial charge in [0.05, 0.1) is 26.4 Å². The second-order valence-electron chi connectivity index (χ2n) is 27.2. The topological polar surface area (TPSA) is 237 Å². The smallest absolute Gasteiger partial charge is 0.462 e. The molecule has 0 spiro atoms. The highest BCUT2D eigenvalue weighted by Gasteiger charge is 2.30. The van der Waals surface area contributed by atoms with E-state index in [1.54, 1.807) is 0 Å². The van der Waals surface area contributed by atoms with Gasteiger partial charge in [-0.25, -0.2) is 9.13 Å². The molecule has 5 atom stereocenters. The maximum atomic E-state index is 13.1. The molecule has 17 nitrogen and oxygen atoms in total. The SMILES string of the molecule is CCCCCCCCCCCCCCCCCCCCC(=O)O[C@H](COC(=O)CCCCCCCCCCCCCCCCCC)COP(=O)(O)OC[C@@H](O)COP(=O)(O)OC[C@@H](COC(=O)CCCCCCCCC)OC(=O)CCCCCCCCCCCC(C)C.